The zero-order valence-electron chi connectivity index (χ0n) is 9.38. The Morgan fingerprint density at radius 3 is 2.94 bits per heavy atom. The Morgan fingerprint density at radius 1 is 1.53 bits per heavy atom. The van der Waals surface area contributed by atoms with E-state index in [0.29, 0.717) is 17.1 Å². The number of hydrogen-bond donors (Lipinski definition) is 1. The maximum absolute atomic E-state index is 11.4. The highest BCUT2D eigenvalue weighted by atomic mass is 16.5. The number of carbonyl (C=O) groups is 1. The lowest BCUT2D eigenvalue weighted by Gasteiger charge is -2.00. The molecule has 1 aromatic carbocycles. The minimum atomic E-state index is -0.457. The summed E-state index contributed by atoms with van der Waals surface area (Å²) in [5.41, 5.74) is 0.873. The Kier molecular flexibility index (Phi) is 2.07. The number of hydrogen-bond acceptors (Lipinski definition) is 4. The molecular formula is C12H12N2O3. The predicted octanol–water partition coefficient (Wildman–Crippen LogP) is 1.86. The van der Waals surface area contributed by atoms with Gasteiger partial charge < -0.3 is 9.84 Å². The van der Waals surface area contributed by atoms with E-state index in [9.17, 15) is 9.90 Å². The zero-order chi connectivity index (χ0) is 12.0. The fraction of sp³-hybridized carbons (Fsp3) is 0.333. The van der Waals surface area contributed by atoms with Gasteiger partial charge in [-0.2, -0.15) is 5.10 Å². The second-order valence-corrected chi connectivity index (χ2v) is 4.27. The summed E-state index contributed by atoms with van der Waals surface area (Å²) in [7, 11) is 1.32. The first-order chi connectivity index (χ1) is 8.19. The van der Waals surface area contributed by atoms with Crippen LogP contribution in [0.3, 0.4) is 0 Å². The van der Waals surface area contributed by atoms with Gasteiger partial charge >= 0.3 is 5.97 Å². The van der Waals surface area contributed by atoms with E-state index in [2.05, 4.69) is 9.84 Å². The Hall–Kier alpha value is -2.04. The first kappa shape index (κ1) is 10.1. The molecule has 0 unspecified atom stereocenters. The highest BCUT2D eigenvalue weighted by molar-refractivity contribution is 5.96. The molecule has 1 fully saturated rings. The molecular weight excluding hydrogens is 220 g/mol. The van der Waals surface area contributed by atoms with Gasteiger partial charge in [-0.15, -0.1) is 0 Å². The lowest BCUT2D eigenvalue weighted by Crippen LogP contribution is -2.00. The summed E-state index contributed by atoms with van der Waals surface area (Å²) in [5, 5.41) is 14.9. The van der Waals surface area contributed by atoms with Crippen molar-refractivity contribution in [3.8, 4) is 5.75 Å². The minimum Gasteiger partial charge on any atom is -0.506 e. The normalized spacial score (nSPS) is 15.1. The predicted molar refractivity (Wildman–Crippen MR) is 61.0 cm³/mol. The lowest BCUT2D eigenvalue weighted by atomic mass is 10.1. The maximum Gasteiger partial charge on any atom is 0.338 e. The van der Waals surface area contributed by atoms with E-state index in [1.165, 1.54) is 13.2 Å². The van der Waals surface area contributed by atoms with Crippen molar-refractivity contribution in [1.82, 2.24) is 9.78 Å². The Morgan fingerprint density at radius 2 is 2.29 bits per heavy atom. The number of fused-ring (bicyclic) bond motifs is 1. The molecule has 0 bridgehead atoms. The molecule has 0 radical (unpaired) electrons. The van der Waals surface area contributed by atoms with Crippen LogP contribution >= 0.6 is 0 Å². The number of phenols is 1. The molecule has 0 spiro atoms. The number of rotatable bonds is 2. The van der Waals surface area contributed by atoms with Crippen LogP contribution in [0, 0.1) is 0 Å². The second-order valence-electron chi connectivity index (χ2n) is 4.27. The van der Waals surface area contributed by atoms with Gasteiger partial charge in [0.25, 0.3) is 0 Å². The van der Waals surface area contributed by atoms with Crippen molar-refractivity contribution in [3.05, 3.63) is 23.9 Å². The van der Waals surface area contributed by atoms with Crippen molar-refractivity contribution >= 4 is 16.9 Å². The Bertz CT molecular complexity index is 599. The smallest absolute Gasteiger partial charge is 0.338 e. The van der Waals surface area contributed by atoms with Gasteiger partial charge in [0.15, 0.2) is 0 Å². The average Bonchev–Trinajstić information content (AvgIpc) is 3.08. The molecule has 5 heteroatoms. The van der Waals surface area contributed by atoms with Crippen LogP contribution in [0.25, 0.3) is 10.9 Å². The molecule has 2 aromatic rings. The molecule has 0 saturated heterocycles. The zero-order valence-corrected chi connectivity index (χ0v) is 9.38. The fourth-order valence-corrected chi connectivity index (χ4v) is 1.90. The number of benzene rings is 1. The van der Waals surface area contributed by atoms with E-state index in [4.69, 9.17) is 0 Å². The molecule has 1 aromatic heterocycles. The third-order valence-corrected chi connectivity index (χ3v) is 2.95. The van der Waals surface area contributed by atoms with Crippen molar-refractivity contribution < 1.29 is 14.6 Å². The highest BCUT2D eigenvalue weighted by Crippen LogP contribution is 2.36. The summed E-state index contributed by atoms with van der Waals surface area (Å²) in [5.74, 6) is -0.441. The van der Waals surface area contributed by atoms with Crippen molar-refractivity contribution in [3.63, 3.8) is 0 Å². The highest BCUT2D eigenvalue weighted by Gasteiger charge is 2.25. The van der Waals surface area contributed by atoms with Gasteiger partial charge in [0.2, 0.25) is 0 Å². The van der Waals surface area contributed by atoms with Crippen molar-refractivity contribution in [1.29, 1.82) is 0 Å². The summed E-state index contributed by atoms with van der Waals surface area (Å²) in [6.07, 6.45) is 4.11. The summed E-state index contributed by atoms with van der Waals surface area (Å²) in [4.78, 5) is 11.4. The fourth-order valence-electron chi connectivity index (χ4n) is 1.90. The van der Waals surface area contributed by atoms with Crippen LogP contribution in [0.5, 0.6) is 5.75 Å². The van der Waals surface area contributed by atoms with Crippen LogP contribution in [-0.2, 0) is 4.74 Å². The number of aromatic hydroxyl groups is 1. The topological polar surface area (TPSA) is 64.3 Å². The molecule has 1 heterocycles. The summed E-state index contributed by atoms with van der Waals surface area (Å²) in [6, 6.07) is 3.52. The van der Waals surface area contributed by atoms with E-state index in [0.717, 1.165) is 18.2 Å². The van der Waals surface area contributed by atoms with Crippen molar-refractivity contribution in [2.75, 3.05) is 7.11 Å². The molecule has 88 valence electrons. The number of aromatic nitrogens is 2. The van der Waals surface area contributed by atoms with E-state index in [1.807, 2.05) is 10.9 Å². The van der Waals surface area contributed by atoms with Gasteiger partial charge in [-0.25, -0.2) is 4.79 Å². The first-order valence-electron chi connectivity index (χ1n) is 5.49. The molecule has 17 heavy (non-hydrogen) atoms. The molecule has 1 aliphatic carbocycles. The van der Waals surface area contributed by atoms with Crippen molar-refractivity contribution in [2.45, 2.75) is 18.9 Å². The molecule has 0 atom stereocenters. The van der Waals surface area contributed by atoms with Gasteiger partial charge in [-0.05, 0) is 25.0 Å². The second kappa shape index (κ2) is 3.48. The van der Waals surface area contributed by atoms with E-state index < -0.39 is 5.97 Å². The number of phenolic OH excluding ortho intramolecular Hbond substituents is 1. The van der Waals surface area contributed by atoms with E-state index >= 15 is 0 Å². The minimum absolute atomic E-state index is 0.0160. The van der Waals surface area contributed by atoms with Crippen LogP contribution in [0.1, 0.15) is 29.2 Å². The van der Waals surface area contributed by atoms with Crippen LogP contribution in [0.2, 0.25) is 0 Å². The SMILES string of the molecule is COC(=O)c1cc(O)c2nn(C3CC3)cc2c1. The standard InChI is InChI=1S/C12H12N2O3/c1-17-12(16)7-4-8-6-14(9-2-3-9)13-11(8)10(15)5-7/h4-6,9,15H,2-3H2,1H3. The molecule has 1 saturated carbocycles. The first-order valence-corrected chi connectivity index (χ1v) is 5.49. The van der Waals surface area contributed by atoms with Crippen LogP contribution in [0.15, 0.2) is 18.3 Å². The molecule has 1 aliphatic rings. The van der Waals surface area contributed by atoms with Gasteiger partial charge in [0, 0.05) is 11.6 Å². The Balaban J connectivity index is 2.14. The number of carbonyl (C=O) groups excluding carboxylic acids is 1. The quantitative estimate of drug-likeness (QED) is 0.803. The van der Waals surface area contributed by atoms with E-state index in [1.54, 1.807) is 6.07 Å². The molecule has 0 aliphatic heterocycles. The van der Waals surface area contributed by atoms with Gasteiger partial charge in [-0.1, -0.05) is 0 Å². The monoisotopic (exact) mass is 232 g/mol. The summed E-state index contributed by atoms with van der Waals surface area (Å²) in [6.45, 7) is 0. The van der Waals surface area contributed by atoms with Gasteiger partial charge in [0.05, 0.1) is 18.7 Å². The van der Waals surface area contributed by atoms with Crippen LogP contribution in [-0.4, -0.2) is 28.0 Å². The average molecular weight is 232 g/mol. The van der Waals surface area contributed by atoms with Crippen LogP contribution < -0.4 is 0 Å². The molecule has 0 amide bonds. The number of methoxy groups -OCH3 is 1. The third kappa shape index (κ3) is 1.63. The molecule has 3 rings (SSSR count). The number of esters is 1. The third-order valence-electron chi connectivity index (χ3n) is 2.95. The van der Waals surface area contributed by atoms with Gasteiger partial charge in [0.1, 0.15) is 11.3 Å². The molecule has 1 N–H and O–H groups in total. The maximum atomic E-state index is 11.4. The number of ether oxygens (including phenoxy) is 1. The summed E-state index contributed by atoms with van der Waals surface area (Å²) < 4.78 is 6.48. The van der Waals surface area contributed by atoms with E-state index in [-0.39, 0.29) is 5.75 Å². The largest absolute Gasteiger partial charge is 0.506 e. The molecule has 5 nitrogen and oxygen atoms in total. The summed E-state index contributed by atoms with van der Waals surface area (Å²) >= 11 is 0. The lowest BCUT2D eigenvalue weighted by molar-refractivity contribution is 0.0600. The Labute approximate surface area is 97.6 Å². The van der Waals surface area contributed by atoms with Crippen LogP contribution in [0.4, 0.5) is 0 Å². The van der Waals surface area contributed by atoms with Crippen molar-refractivity contribution in [2.24, 2.45) is 0 Å². The number of nitrogens with zero attached hydrogens (tertiary/aromatic N) is 2. The van der Waals surface area contributed by atoms with Gasteiger partial charge in [-0.3, -0.25) is 4.68 Å².